The van der Waals surface area contributed by atoms with Gasteiger partial charge in [-0.15, -0.1) is 0 Å². The molecule has 0 radical (unpaired) electrons. The molecule has 0 aromatic carbocycles. The minimum Gasteiger partial charge on any atom is -0.465 e. The Kier molecular flexibility index (Phi) is 4.48. The van der Waals surface area contributed by atoms with E-state index in [1.807, 2.05) is 32.4 Å². The summed E-state index contributed by atoms with van der Waals surface area (Å²) in [5.74, 6) is -0.159. The monoisotopic (exact) mass is 279 g/mol. The highest BCUT2D eigenvalue weighted by Gasteiger charge is 2.39. The number of ether oxygens (including phenoxy) is 1. The van der Waals surface area contributed by atoms with Crippen molar-refractivity contribution in [3.8, 4) is 0 Å². The minimum absolute atomic E-state index is 0.159. The largest absolute Gasteiger partial charge is 0.465 e. The van der Waals surface area contributed by atoms with Crippen molar-refractivity contribution in [2.75, 3.05) is 6.61 Å². The summed E-state index contributed by atoms with van der Waals surface area (Å²) in [5.41, 5.74) is 1.51. The van der Waals surface area contributed by atoms with Crippen LogP contribution in [0, 0.1) is 13.8 Å². The van der Waals surface area contributed by atoms with Gasteiger partial charge in [-0.1, -0.05) is 0 Å². The van der Waals surface area contributed by atoms with Gasteiger partial charge in [-0.2, -0.15) is 5.10 Å². The molecule has 5 nitrogen and oxygen atoms in total. The molecule has 0 saturated heterocycles. The van der Waals surface area contributed by atoms with Crippen LogP contribution in [0.2, 0.25) is 0 Å². The summed E-state index contributed by atoms with van der Waals surface area (Å²) >= 11 is 0. The van der Waals surface area contributed by atoms with Gasteiger partial charge in [-0.05, 0) is 53.0 Å². The molecular weight excluding hydrogens is 254 g/mol. The number of carbonyl (C=O) groups is 1. The molecule has 1 aromatic rings. The van der Waals surface area contributed by atoms with Crippen molar-refractivity contribution >= 4 is 5.97 Å². The van der Waals surface area contributed by atoms with Gasteiger partial charge in [0.1, 0.15) is 5.54 Å². The summed E-state index contributed by atoms with van der Waals surface area (Å²) in [7, 11) is 0. The van der Waals surface area contributed by atoms with Crippen molar-refractivity contribution < 1.29 is 9.53 Å². The summed E-state index contributed by atoms with van der Waals surface area (Å²) in [6, 6.07) is 2.51. The Labute approximate surface area is 120 Å². The lowest BCUT2D eigenvalue weighted by atomic mass is 9.97. The fraction of sp³-hybridized carbons (Fsp3) is 0.733. The maximum Gasteiger partial charge on any atom is 0.326 e. The van der Waals surface area contributed by atoms with Crippen LogP contribution in [-0.4, -0.2) is 33.9 Å². The summed E-state index contributed by atoms with van der Waals surface area (Å²) in [5, 5.41) is 7.88. The van der Waals surface area contributed by atoms with Gasteiger partial charge in [0.15, 0.2) is 0 Å². The third-order valence-corrected chi connectivity index (χ3v) is 3.75. The Bertz CT molecular complexity index is 479. The molecule has 1 saturated carbocycles. The molecule has 2 rings (SSSR count). The van der Waals surface area contributed by atoms with Gasteiger partial charge in [0.2, 0.25) is 0 Å². The molecule has 0 bridgehead atoms. The first-order chi connectivity index (χ1) is 9.44. The Balaban J connectivity index is 2.03. The van der Waals surface area contributed by atoms with E-state index in [4.69, 9.17) is 4.74 Å². The molecule has 0 aliphatic heterocycles. The number of esters is 1. The molecule has 1 heterocycles. The maximum atomic E-state index is 12.2. The Morgan fingerprint density at radius 2 is 2.25 bits per heavy atom. The van der Waals surface area contributed by atoms with Gasteiger partial charge in [-0.3, -0.25) is 14.8 Å². The van der Waals surface area contributed by atoms with E-state index in [-0.39, 0.29) is 5.97 Å². The summed E-state index contributed by atoms with van der Waals surface area (Å²) in [6.45, 7) is 8.94. The highest BCUT2D eigenvalue weighted by molar-refractivity contribution is 5.80. The van der Waals surface area contributed by atoms with Gasteiger partial charge in [0.25, 0.3) is 0 Å². The normalized spacial score (nSPS) is 17.8. The predicted molar refractivity (Wildman–Crippen MR) is 77.5 cm³/mol. The number of hydrogen-bond donors (Lipinski definition) is 1. The van der Waals surface area contributed by atoms with Crippen LogP contribution >= 0.6 is 0 Å². The fourth-order valence-electron chi connectivity index (χ4n) is 2.43. The van der Waals surface area contributed by atoms with Gasteiger partial charge in [-0.25, -0.2) is 0 Å². The molecule has 1 aliphatic rings. The molecule has 20 heavy (non-hydrogen) atoms. The minimum atomic E-state index is -0.622. The summed E-state index contributed by atoms with van der Waals surface area (Å²) in [6.07, 6.45) is 2.98. The maximum absolute atomic E-state index is 12.2. The standard InChI is InChI=1S/C15H25N3O2/c1-5-20-14(19)15(4,16-13-6-7-13)8-9-18-12(3)10-11(2)17-18/h10,13,16H,5-9H2,1-4H3. The van der Waals surface area contributed by atoms with Crippen molar-refractivity contribution in [2.24, 2.45) is 0 Å². The molecule has 1 aliphatic carbocycles. The lowest BCUT2D eigenvalue weighted by Crippen LogP contribution is -2.52. The van der Waals surface area contributed by atoms with E-state index in [0.29, 0.717) is 25.6 Å². The molecule has 1 N–H and O–H groups in total. The molecule has 0 spiro atoms. The number of carbonyl (C=O) groups excluding carboxylic acids is 1. The van der Waals surface area contributed by atoms with E-state index in [1.165, 1.54) is 0 Å². The topological polar surface area (TPSA) is 56.2 Å². The zero-order chi connectivity index (χ0) is 14.8. The quantitative estimate of drug-likeness (QED) is 0.775. The number of nitrogens with one attached hydrogen (secondary N) is 1. The van der Waals surface area contributed by atoms with E-state index >= 15 is 0 Å². The summed E-state index contributed by atoms with van der Waals surface area (Å²) < 4.78 is 7.19. The van der Waals surface area contributed by atoms with Crippen LogP contribution in [0.15, 0.2) is 6.07 Å². The first-order valence-electron chi connectivity index (χ1n) is 7.40. The van der Waals surface area contributed by atoms with Gasteiger partial charge in [0.05, 0.1) is 12.3 Å². The van der Waals surface area contributed by atoms with Crippen LogP contribution in [0.5, 0.6) is 0 Å². The predicted octanol–water partition coefficient (Wildman–Crippen LogP) is 1.96. The van der Waals surface area contributed by atoms with E-state index in [9.17, 15) is 4.79 Å². The average Bonchev–Trinajstić information content (AvgIpc) is 3.12. The van der Waals surface area contributed by atoms with Crippen LogP contribution in [-0.2, 0) is 16.1 Å². The van der Waals surface area contributed by atoms with Crippen LogP contribution in [0.3, 0.4) is 0 Å². The van der Waals surface area contributed by atoms with E-state index < -0.39 is 5.54 Å². The van der Waals surface area contributed by atoms with Crippen LogP contribution in [0.25, 0.3) is 0 Å². The molecule has 112 valence electrons. The molecule has 1 fully saturated rings. The van der Waals surface area contributed by atoms with E-state index in [2.05, 4.69) is 16.5 Å². The first kappa shape index (κ1) is 15.0. The lowest BCUT2D eigenvalue weighted by molar-refractivity contribution is -0.151. The zero-order valence-electron chi connectivity index (χ0n) is 12.9. The molecular formula is C15H25N3O2. The van der Waals surface area contributed by atoms with Crippen molar-refractivity contribution in [3.63, 3.8) is 0 Å². The Hall–Kier alpha value is -1.36. The molecule has 1 aromatic heterocycles. The number of hydrogen-bond acceptors (Lipinski definition) is 4. The second-order valence-electron chi connectivity index (χ2n) is 5.87. The van der Waals surface area contributed by atoms with Crippen LogP contribution in [0.1, 0.15) is 44.5 Å². The van der Waals surface area contributed by atoms with E-state index in [0.717, 1.165) is 24.2 Å². The van der Waals surface area contributed by atoms with Crippen molar-refractivity contribution in [1.82, 2.24) is 15.1 Å². The second-order valence-corrected chi connectivity index (χ2v) is 5.87. The van der Waals surface area contributed by atoms with Crippen molar-refractivity contribution in [1.29, 1.82) is 0 Å². The highest BCUT2D eigenvalue weighted by atomic mass is 16.5. The number of nitrogens with zero attached hydrogens (tertiary/aromatic N) is 2. The van der Waals surface area contributed by atoms with Crippen LogP contribution < -0.4 is 5.32 Å². The smallest absolute Gasteiger partial charge is 0.326 e. The Morgan fingerprint density at radius 3 is 2.75 bits per heavy atom. The second kappa shape index (κ2) is 5.95. The zero-order valence-corrected chi connectivity index (χ0v) is 12.9. The SMILES string of the molecule is CCOC(=O)C(C)(CCn1nc(C)cc1C)NC1CC1. The Morgan fingerprint density at radius 1 is 1.55 bits per heavy atom. The van der Waals surface area contributed by atoms with Crippen molar-refractivity contribution in [3.05, 3.63) is 17.5 Å². The van der Waals surface area contributed by atoms with Crippen LogP contribution in [0.4, 0.5) is 0 Å². The molecule has 5 heteroatoms. The van der Waals surface area contributed by atoms with Gasteiger partial charge < -0.3 is 4.74 Å². The number of aryl methyl sites for hydroxylation is 3. The molecule has 0 amide bonds. The highest BCUT2D eigenvalue weighted by Crippen LogP contribution is 2.25. The number of rotatable bonds is 7. The number of aromatic nitrogens is 2. The molecule has 1 unspecified atom stereocenters. The molecule has 1 atom stereocenters. The third-order valence-electron chi connectivity index (χ3n) is 3.75. The van der Waals surface area contributed by atoms with Gasteiger partial charge >= 0.3 is 5.97 Å². The van der Waals surface area contributed by atoms with Crippen molar-refractivity contribution in [2.45, 2.75) is 65.1 Å². The lowest BCUT2D eigenvalue weighted by Gasteiger charge is -2.28. The fourth-order valence-corrected chi connectivity index (χ4v) is 2.43. The first-order valence-corrected chi connectivity index (χ1v) is 7.40. The summed E-state index contributed by atoms with van der Waals surface area (Å²) in [4.78, 5) is 12.2. The van der Waals surface area contributed by atoms with Gasteiger partial charge in [0, 0.05) is 18.3 Å². The average molecular weight is 279 g/mol. The van der Waals surface area contributed by atoms with E-state index in [1.54, 1.807) is 0 Å². The third kappa shape index (κ3) is 3.60.